The quantitative estimate of drug-likeness (QED) is 0.550. The molecule has 2 heterocycles. The zero-order chi connectivity index (χ0) is 10.3. The first-order valence-corrected chi connectivity index (χ1v) is 4.71. The SMILES string of the molecule is O=c1ncc2cccn2c2ccccc12. The number of rotatable bonds is 0. The van der Waals surface area contributed by atoms with Crippen molar-refractivity contribution >= 4 is 16.4 Å². The molecule has 1 aromatic carbocycles. The molecule has 3 aromatic rings. The van der Waals surface area contributed by atoms with E-state index in [1.54, 1.807) is 12.3 Å². The van der Waals surface area contributed by atoms with Gasteiger partial charge < -0.3 is 4.40 Å². The second-order valence-electron chi connectivity index (χ2n) is 3.38. The second-order valence-corrected chi connectivity index (χ2v) is 3.38. The lowest BCUT2D eigenvalue weighted by Crippen LogP contribution is -2.00. The molecule has 15 heavy (non-hydrogen) atoms. The minimum absolute atomic E-state index is 0.186. The summed E-state index contributed by atoms with van der Waals surface area (Å²) in [6.07, 6.45) is 3.53. The molecule has 72 valence electrons. The monoisotopic (exact) mass is 196 g/mol. The summed E-state index contributed by atoms with van der Waals surface area (Å²) in [6.45, 7) is 0. The van der Waals surface area contributed by atoms with Crippen LogP contribution in [-0.2, 0) is 0 Å². The average molecular weight is 196 g/mol. The Bertz CT molecular complexity index is 700. The van der Waals surface area contributed by atoms with E-state index in [1.165, 1.54) is 0 Å². The maximum atomic E-state index is 11.7. The molecule has 3 nitrogen and oxygen atoms in total. The van der Waals surface area contributed by atoms with Crippen molar-refractivity contribution in [2.45, 2.75) is 0 Å². The Morgan fingerprint density at radius 2 is 1.93 bits per heavy atom. The number of aromatic nitrogens is 2. The van der Waals surface area contributed by atoms with Crippen molar-refractivity contribution in [2.75, 3.05) is 0 Å². The van der Waals surface area contributed by atoms with Crippen molar-refractivity contribution in [3.63, 3.8) is 0 Å². The van der Waals surface area contributed by atoms with Crippen LogP contribution in [0.1, 0.15) is 0 Å². The van der Waals surface area contributed by atoms with E-state index < -0.39 is 0 Å². The Hall–Kier alpha value is -2.16. The highest BCUT2D eigenvalue weighted by molar-refractivity contribution is 5.79. The van der Waals surface area contributed by atoms with E-state index in [9.17, 15) is 4.79 Å². The summed E-state index contributed by atoms with van der Waals surface area (Å²) in [6, 6.07) is 11.4. The zero-order valence-electron chi connectivity index (χ0n) is 7.92. The molecule has 0 amide bonds. The van der Waals surface area contributed by atoms with Gasteiger partial charge in [-0.15, -0.1) is 0 Å². The van der Waals surface area contributed by atoms with Gasteiger partial charge in [0.05, 0.1) is 22.6 Å². The van der Waals surface area contributed by atoms with Gasteiger partial charge in [0.2, 0.25) is 0 Å². The standard InChI is InChI=1S/C12H8N2O/c15-12-10-5-1-2-6-11(10)14-7-3-4-9(14)8-13-12/h1-8H. The van der Waals surface area contributed by atoms with Gasteiger partial charge in [0.1, 0.15) is 0 Å². The molecule has 0 saturated heterocycles. The molecule has 0 bridgehead atoms. The van der Waals surface area contributed by atoms with Crippen molar-refractivity contribution in [1.82, 2.24) is 9.38 Å². The van der Waals surface area contributed by atoms with Gasteiger partial charge in [-0.2, -0.15) is 0 Å². The predicted octanol–water partition coefficient (Wildman–Crippen LogP) is 1.85. The van der Waals surface area contributed by atoms with Crippen LogP contribution in [0.5, 0.6) is 0 Å². The van der Waals surface area contributed by atoms with E-state index in [4.69, 9.17) is 0 Å². The Labute approximate surface area is 85.6 Å². The van der Waals surface area contributed by atoms with Crippen molar-refractivity contribution in [2.24, 2.45) is 0 Å². The molecule has 3 heteroatoms. The smallest absolute Gasteiger partial charge is 0.279 e. The maximum absolute atomic E-state index is 11.7. The highest BCUT2D eigenvalue weighted by atomic mass is 16.1. The van der Waals surface area contributed by atoms with Crippen LogP contribution in [0.2, 0.25) is 0 Å². The van der Waals surface area contributed by atoms with Crippen molar-refractivity contribution < 1.29 is 0 Å². The summed E-state index contributed by atoms with van der Waals surface area (Å²) in [5.41, 5.74) is 1.63. The number of benzene rings is 1. The molecular weight excluding hydrogens is 188 g/mol. The number of para-hydroxylation sites is 1. The van der Waals surface area contributed by atoms with Crippen molar-refractivity contribution in [3.05, 3.63) is 59.1 Å². The van der Waals surface area contributed by atoms with Gasteiger partial charge in [-0.3, -0.25) is 4.79 Å². The van der Waals surface area contributed by atoms with Crippen LogP contribution in [-0.4, -0.2) is 9.38 Å². The highest BCUT2D eigenvalue weighted by Crippen LogP contribution is 2.11. The van der Waals surface area contributed by atoms with E-state index in [0.29, 0.717) is 5.39 Å². The van der Waals surface area contributed by atoms with Crippen molar-refractivity contribution in [3.8, 4) is 0 Å². The predicted molar refractivity (Wildman–Crippen MR) is 59.0 cm³/mol. The molecule has 0 aliphatic carbocycles. The van der Waals surface area contributed by atoms with Crippen LogP contribution in [0.15, 0.2) is 53.6 Å². The minimum Gasteiger partial charge on any atom is -0.315 e. The largest absolute Gasteiger partial charge is 0.315 e. The lowest BCUT2D eigenvalue weighted by molar-refractivity contribution is 1.27. The number of nitrogens with zero attached hydrogens (tertiary/aromatic N) is 2. The first-order chi connectivity index (χ1) is 7.36. The van der Waals surface area contributed by atoms with E-state index in [0.717, 1.165) is 11.0 Å². The maximum Gasteiger partial charge on any atom is 0.279 e. The van der Waals surface area contributed by atoms with Crippen LogP contribution < -0.4 is 5.56 Å². The summed E-state index contributed by atoms with van der Waals surface area (Å²) in [5, 5.41) is 0.642. The fourth-order valence-corrected chi connectivity index (χ4v) is 1.78. The van der Waals surface area contributed by atoms with Gasteiger partial charge in [0.25, 0.3) is 5.56 Å². The van der Waals surface area contributed by atoms with Gasteiger partial charge >= 0.3 is 0 Å². The Kier molecular flexibility index (Phi) is 1.59. The zero-order valence-corrected chi connectivity index (χ0v) is 7.92. The lowest BCUT2D eigenvalue weighted by Gasteiger charge is -1.94. The first-order valence-electron chi connectivity index (χ1n) is 4.71. The van der Waals surface area contributed by atoms with Crippen LogP contribution in [0.25, 0.3) is 16.4 Å². The third-order valence-corrected chi connectivity index (χ3v) is 2.49. The normalized spacial score (nSPS) is 10.9. The van der Waals surface area contributed by atoms with Crippen LogP contribution >= 0.6 is 0 Å². The first kappa shape index (κ1) is 8.17. The Morgan fingerprint density at radius 1 is 1.07 bits per heavy atom. The molecule has 3 rings (SSSR count). The van der Waals surface area contributed by atoms with Gasteiger partial charge in [-0.1, -0.05) is 12.1 Å². The molecule has 0 N–H and O–H groups in total. The van der Waals surface area contributed by atoms with Gasteiger partial charge in [0, 0.05) is 6.20 Å². The molecule has 2 aromatic heterocycles. The minimum atomic E-state index is -0.186. The molecule has 0 radical (unpaired) electrons. The summed E-state index contributed by atoms with van der Waals surface area (Å²) >= 11 is 0. The average Bonchev–Trinajstić information content (AvgIpc) is 2.69. The Morgan fingerprint density at radius 3 is 2.87 bits per heavy atom. The summed E-state index contributed by atoms with van der Waals surface area (Å²) in [4.78, 5) is 15.6. The van der Waals surface area contributed by atoms with E-state index in [-0.39, 0.29) is 5.56 Å². The summed E-state index contributed by atoms with van der Waals surface area (Å²) in [5.74, 6) is 0. The second kappa shape index (κ2) is 2.92. The molecule has 0 spiro atoms. The molecule has 0 unspecified atom stereocenters. The molecule has 0 aliphatic heterocycles. The number of hydrogen-bond acceptors (Lipinski definition) is 2. The lowest BCUT2D eigenvalue weighted by atomic mass is 10.2. The molecule has 0 aliphatic rings. The van der Waals surface area contributed by atoms with Gasteiger partial charge in [0.15, 0.2) is 0 Å². The van der Waals surface area contributed by atoms with Crippen LogP contribution in [0, 0.1) is 0 Å². The molecular formula is C12H8N2O. The fraction of sp³-hybridized carbons (Fsp3) is 0. The van der Waals surface area contributed by atoms with Crippen LogP contribution in [0.3, 0.4) is 0 Å². The molecule has 0 atom stereocenters. The van der Waals surface area contributed by atoms with Crippen LogP contribution in [0.4, 0.5) is 0 Å². The third kappa shape index (κ3) is 1.13. The molecule has 0 fully saturated rings. The van der Waals surface area contributed by atoms with Crippen molar-refractivity contribution in [1.29, 1.82) is 0 Å². The van der Waals surface area contributed by atoms with Gasteiger partial charge in [-0.25, -0.2) is 4.98 Å². The molecule has 0 saturated carbocycles. The van der Waals surface area contributed by atoms with E-state index in [1.807, 2.05) is 40.9 Å². The fourth-order valence-electron chi connectivity index (χ4n) is 1.78. The number of hydrogen-bond donors (Lipinski definition) is 0. The van der Waals surface area contributed by atoms with Gasteiger partial charge in [-0.05, 0) is 24.3 Å². The summed E-state index contributed by atoms with van der Waals surface area (Å²) < 4.78 is 1.96. The van der Waals surface area contributed by atoms with E-state index >= 15 is 0 Å². The Balaban J connectivity index is 2.76. The topological polar surface area (TPSA) is 34.4 Å². The van der Waals surface area contributed by atoms with E-state index in [2.05, 4.69) is 4.98 Å². The number of fused-ring (bicyclic) bond motifs is 3. The third-order valence-electron chi connectivity index (χ3n) is 2.49. The highest BCUT2D eigenvalue weighted by Gasteiger charge is 2.00. The summed E-state index contributed by atoms with van der Waals surface area (Å²) in [7, 11) is 0.